The Labute approximate surface area is 98.1 Å². The molecule has 0 unspecified atom stereocenters. The minimum atomic E-state index is -0.871. The molecule has 2 rings (SSSR count). The number of carbonyl (C=O) groups is 1. The number of thiophene rings is 1. The molecule has 4 heteroatoms. The SMILES string of the molecule is Cc1c(CC(=O)C(N)N)sc2ccccc12. The fourth-order valence-corrected chi connectivity index (χ4v) is 2.89. The lowest BCUT2D eigenvalue weighted by Gasteiger charge is -2.03. The van der Waals surface area contributed by atoms with Crippen molar-refractivity contribution in [2.75, 3.05) is 0 Å². The van der Waals surface area contributed by atoms with E-state index in [-0.39, 0.29) is 5.78 Å². The third-order valence-electron chi connectivity index (χ3n) is 2.65. The van der Waals surface area contributed by atoms with Gasteiger partial charge in [0.15, 0.2) is 5.78 Å². The normalized spacial score (nSPS) is 11.2. The van der Waals surface area contributed by atoms with Crippen molar-refractivity contribution in [1.29, 1.82) is 0 Å². The molecular weight excluding hydrogens is 220 g/mol. The Bertz CT molecular complexity index is 531. The van der Waals surface area contributed by atoms with E-state index in [0.29, 0.717) is 6.42 Å². The average Bonchev–Trinajstić information content (AvgIpc) is 2.56. The van der Waals surface area contributed by atoms with Gasteiger partial charge in [-0.15, -0.1) is 11.3 Å². The van der Waals surface area contributed by atoms with Gasteiger partial charge < -0.3 is 11.5 Å². The quantitative estimate of drug-likeness (QED) is 0.792. The van der Waals surface area contributed by atoms with Gasteiger partial charge in [0.25, 0.3) is 0 Å². The van der Waals surface area contributed by atoms with Crippen LogP contribution in [0.25, 0.3) is 10.1 Å². The number of ketones is 1. The Morgan fingerprint density at radius 2 is 2.06 bits per heavy atom. The van der Waals surface area contributed by atoms with E-state index in [2.05, 4.69) is 12.1 Å². The highest BCUT2D eigenvalue weighted by Crippen LogP contribution is 2.30. The van der Waals surface area contributed by atoms with Crippen molar-refractivity contribution >= 4 is 27.2 Å². The second-order valence-electron chi connectivity index (χ2n) is 3.82. The topological polar surface area (TPSA) is 69.1 Å². The molecular formula is C12H14N2OS. The first-order valence-electron chi connectivity index (χ1n) is 5.10. The predicted molar refractivity (Wildman–Crippen MR) is 67.4 cm³/mol. The standard InChI is InChI=1S/C12H14N2OS/c1-7-8-4-2-3-5-10(8)16-11(7)6-9(15)12(13)14/h2-5,12H,6,13-14H2,1H3. The Hall–Kier alpha value is -1.23. The first kappa shape index (κ1) is 11.3. The third-order valence-corrected chi connectivity index (χ3v) is 3.92. The van der Waals surface area contributed by atoms with E-state index in [1.165, 1.54) is 10.1 Å². The molecule has 1 heterocycles. The minimum Gasteiger partial charge on any atom is -0.310 e. The van der Waals surface area contributed by atoms with E-state index in [1.54, 1.807) is 11.3 Å². The van der Waals surface area contributed by atoms with E-state index >= 15 is 0 Å². The number of benzene rings is 1. The summed E-state index contributed by atoms with van der Waals surface area (Å²) in [7, 11) is 0. The summed E-state index contributed by atoms with van der Waals surface area (Å²) < 4.78 is 1.20. The van der Waals surface area contributed by atoms with Crippen molar-refractivity contribution in [3.8, 4) is 0 Å². The molecule has 0 saturated carbocycles. The number of hydrogen-bond donors (Lipinski definition) is 2. The number of fused-ring (bicyclic) bond motifs is 1. The van der Waals surface area contributed by atoms with E-state index in [0.717, 1.165) is 10.4 Å². The predicted octanol–water partition coefficient (Wildman–Crippen LogP) is 1.56. The molecule has 0 radical (unpaired) electrons. The van der Waals surface area contributed by atoms with Crippen LogP contribution in [0, 0.1) is 6.92 Å². The first-order chi connectivity index (χ1) is 7.59. The Morgan fingerprint density at radius 1 is 1.38 bits per heavy atom. The molecule has 1 aromatic carbocycles. The van der Waals surface area contributed by atoms with Crippen molar-refractivity contribution in [3.63, 3.8) is 0 Å². The first-order valence-corrected chi connectivity index (χ1v) is 5.92. The summed E-state index contributed by atoms with van der Waals surface area (Å²) in [6.45, 7) is 2.03. The largest absolute Gasteiger partial charge is 0.310 e. The maximum Gasteiger partial charge on any atom is 0.168 e. The molecule has 0 bridgehead atoms. The summed E-state index contributed by atoms with van der Waals surface area (Å²) in [5, 5.41) is 1.21. The molecule has 16 heavy (non-hydrogen) atoms. The summed E-state index contributed by atoms with van der Waals surface area (Å²) in [6.07, 6.45) is -0.535. The number of hydrogen-bond acceptors (Lipinski definition) is 4. The highest BCUT2D eigenvalue weighted by atomic mass is 32.1. The molecule has 1 aromatic heterocycles. The van der Waals surface area contributed by atoms with Crippen molar-refractivity contribution in [1.82, 2.24) is 0 Å². The Morgan fingerprint density at radius 3 is 2.69 bits per heavy atom. The average molecular weight is 234 g/mol. The molecule has 0 aliphatic carbocycles. The zero-order valence-corrected chi connectivity index (χ0v) is 9.88. The van der Waals surface area contributed by atoms with Crippen LogP contribution in [0.1, 0.15) is 10.4 Å². The Balaban J connectivity index is 2.38. The van der Waals surface area contributed by atoms with Gasteiger partial charge in [0.05, 0.1) is 0 Å². The van der Waals surface area contributed by atoms with Gasteiger partial charge in [0, 0.05) is 16.0 Å². The van der Waals surface area contributed by atoms with Gasteiger partial charge in [-0.2, -0.15) is 0 Å². The second-order valence-corrected chi connectivity index (χ2v) is 4.95. The molecule has 3 nitrogen and oxygen atoms in total. The number of carbonyl (C=O) groups excluding carboxylic acids is 1. The zero-order chi connectivity index (χ0) is 11.7. The van der Waals surface area contributed by atoms with Gasteiger partial charge in [0.2, 0.25) is 0 Å². The van der Waals surface area contributed by atoms with Crippen LogP contribution < -0.4 is 11.5 Å². The summed E-state index contributed by atoms with van der Waals surface area (Å²) in [5.41, 5.74) is 11.9. The van der Waals surface area contributed by atoms with Gasteiger partial charge in [-0.05, 0) is 23.9 Å². The number of aryl methyl sites for hydroxylation is 1. The van der Waals surface area contributed by atoms with Crippen LogP contribution in [0.15, 0.2) is 24.3 Å². The van der Waals surface area contributed by atoms with Crippen molar-refractivity contribution < 1.29 is 4.79 Å². The molecule has 84 valence electrons. The highest BCUT2D eigenvalue weighted by Gasteiger charge is 2.14. The third kappa shape index (κ3) is 2.00. The van der Waals surface area contributed by atoms with Crippen LogP contribution in [0.3, 0.4) is 0 Å². The van der Waals surface area contributed by atoms with Gasteiger partial charge in [0.1, 0.15) is 6.17 Å². The van der Waals surface area contributed by atoms with E-state index in [1.807, 2.05) is 19.1 Å². The maximum atomic E-state index is 11.5. The van der Waals surface area contributed by atoms with Crippen LogP contribution in [-0.4, -0.2) is 11.9 Å². The van der Waals surface area contributed by atoms with E-state index in [9.17, 15) is 4.79 Å². The lowest BCUT2D eigenvalue weighted by Crippen LogP contribution is -2.40. The van der Waals surface area contributed by atoms with Crippen LogP contribution in [0.4, 0.5) is 0 Å². The molecule has 2 aromatic rings. The van der Waals surface area contributed by atoms with Crippen LogP contribution >= 0.6 is 11.3 Å². The van der Waals surface area contributed by atoms with Crippen molar-refractivity contribution in [2.45, 2.75) is 19.5 Å². The van der Waals surface area contributed by atoms with Gasteiger partial charge >= 0.3 is 0 Å². The van der Waals surface area contributed by atoms with Crippen LogP contribution in [0.5, 0.6) is 0 Å². The molecule has 4 N–H and O–H groups in total. The van der Waals surface area contributed by atoms with Crippen molar-refractivity contribution in [3.05, 3.63) is 34.7 Å². The fourth-order valence-electron chi connectivity index (χ4n) is 1.67. The molecule has 0 atom stereocenters. The summed E-state index contributed by atoms with van der Waals surface area (Å²) in [6, 6.07) is 8.13. The number of nitrogens with two attached hydrogens (primary N) is 2. The monoisotopic (exact) mass is 234 g/mol. The minimum absolute atomic E-state index is 0.116. The lowest BCUT2D eigenvalue weighted by atomic mass is 10.1. The Kier molecular flexibility index (Phi) is 3.05. The molecule has 0 aliphatic heterocycles. The molecule has 0 aliphatic rings. The van der Waals surface area contributed by atoms with Gasteiger partial charge in [-0.25, -0.2) is 0 Å². The smallest absolute Gasteiger partial charge is 0.168 e. The van der Waals surface area contributed by atoms with Crippen LogP contribution in [-0.2, 0) is 11.2 Å². The van der Waals surface area contributed by atoms with Gasteiger partial charge in [-0.1, -0.05) is 18.2 Å². The number of Topliss-reactive ketones (excluding diaryl/α,β-unsaturated/α-hetero) is 1. The summed E-state index contributed by atoms with van der Waals surface area (Å²) in [5.74, 6) is -0.116. The van der Waals surface area contributed by atoms with Crippen molar-refractivity contribution in [2.24, 2.45) is 11.5 Å². The summed E-state index contributed by atoms with van der Waals surface area (Å²) >= 11 is 1.64. The summed E-state index contributed by atoms with van der Waals surface area (Å²) in [4.78, 5) is 12.6. The molecule has 0 spiro atoms. The number of rotatable bonds is 3. The van der Waals surface area contributed by atoms with Gasteiger partial charge in [-0.3, -0.25) is 4.79 Å². The molecule has 0 saturated heterocycles. The molecule has 0 amide bonds. The molecule has 0 fully saturated rings. The fraction of sp³-hybridized carbons (Fsp3) is 0.250. The van der Waals surface area contributed by atoms with Crippen LogP contribution in [0.2, 0.25) is 0 Å². The lowest BCUT2D eigenvalue weighted by molar-refractivity contribution is -0.119. The van der Waals surface area contributed by atoms with E-state index < -0.39 is 6.17 Å². The van der Waals surface area contributed by atoms with E-state index in [4.69, 9.17) is 11.5 Å². The highest BCUT2D eigenvalue weighted by molar-refractivity contribution is 7.19. The second kappa shape index (κ2) is 4.33. The zero-order valence-electron chi connectivity index (χ0n) is 9.07. The maximum absolute atomic E-state index is 11.5.